The highest BCUT2D eigenvalue weighted by Gasteiger charge is 2.29. The van der Waals surface area contributed by atoms with Crippen molar-refractivity contribution in [2.75, 3.05) is 11.4 Å². The summed E-state index contributed by atoms with van der Waals surface area (Å²) in [6.45, 7) is 3.35. The average molecular weight is 426 g/mol. The maximum absolute atomic E-state index is 14.8. The van der Waals surface area contributed by atoms with Crippen molar-refractivity contribution in [2.24, 2.45) is 5.73 Å². The van der Waals surface area contributed by atoms with Crippen LogP contribution in [0.4, 0.5) is 14.9 Å². The molecule has 1 atom stereocenters. The van der Waals surface area contributed by atoms with Gasteiger partial charge in [0.25, 0.3) is 0 Å². The van der Waals surface area contributed by atoms with E-state index >= 15 is 0 Å². The highest BCUT2D eigenvalue weighted by molar-refractivity contribution is 5.91. The lowest BCUT2D eigenvalue weighted by Gasteiger charge is -2.14. The summed E-state index contributed by atoms with van der Waals surface area (Å²) in [6.07, 6.45) is 0.658. The maximum Gasteiger partial charge on any atom is 0.419 e. The number of carbonyl (C=O) groups excluding carboxylic acids is 3. The minimum atomic E-state index is -0.651. The first-order chi connectivity index (χ1) is 14.7. The van der Waals surface area contributed by atoms with Gasteiger partial charge < -0.3 is 21.1 Å². The molecular weight excluding hydrogens is 403 g/mol. The van der Waals surface area contributed by atoms with Crippen molar-refractivity contribution in [3.8, 4) is 11.1 Å². The van der Waals surface area contributed by atoms with Crippen LogP contribution in [0, 0.1) is 5.82 Å². The van der Waals surface area contributed by atoms with Gasteiger partial charge in [-0.25, -0.2) is 9.18 Å². The SMILES string of the molecule is CC(=O)N/C=C1\CN(c2ccc(-c3ccc(CNC(=O)[C@@H](C)N)cc3)c(F)c2)C(=O)O1. The van der Waals surface area contributed by atoms with Crippen LogP contribution in [-0.2, 0) is 20.9 Å². The number of anilines is 1. The van der Waals surface area contributed by atoms with Crippen molar-refractivity contribution < 1.29 is 23.5 Å². The second-order valence-electron chi connectivity index (χ2n) is 7.13. The van der Waals surface area contributed by atoms with Gasteiger partial charge in [-0.1, -0.05) is 24.3 Å². The minimum absolute atomic E-state index is 0.0831. The van der Waals surface area contributed by atoms with E-state index in [-0.39, 0.29) is 24.1 Å². The number of hydrogen-bond donors (Lipinski definition) is 3. The Hall–Kier alpha value is -3.72. The first kappa shape index (κ1) is 22.0. The van der Waals surface area contributed by atoms with Crippen LogP contribution in [0.2, 0.25) is 0 Å². The fourth-order valence-corrected chi connectivity index (χ4v) is 2.93. The van der Waals surface area contributed by atoms with Crippen LogP contribution < -0.4 is 21.3 Å². The monoisotopic (exact) mass is 426 g/mol. The molecule has 2 aromatic carbocycles. The third kappa shape index (κ3) is 5.46. The molecule has 1 aliphatic rings. The molecule has 0 unspecified atom stereocenters. The van der Waals surface area contributed by atoms with E-state index in [4.69, 9.17) is 10.5 Å². The van der Waals surface area contributed by atoms with E-state index in [1.165, 1.54) is 24.1 Å². The van der Waals surface area contributed by atoms with E-state index < -0.39 is 18.0 Å². The summed E-state index contributed by atoms with van der Waals surface area (Å²) in [5, 5.41) is 5.15. The van der Waals surface area contributed by atoms with E-state index in [0.717, 1.165) is 5.56 Å². The number of cyclic esters (lactones) is 1. The Morgan fingerprint density at radius 1 is 1.26 bits per heavy atom. The Morgan fingerprint density at radius 3 is 2.58 bits per heavy atom. The molecule has 3 rings (SSSR count). The van der Waals surface area contributed by atoms with Gasteiger partial charge in [0.2, 0.25) is 11.8 Å². The molecule has 1 fully saturated rings. The molecule has 1 saturated heterocycles. The van der Waals surface area contributed by atoms with Crippen LogP contribution in [0.25, 0.3) is 11.1 Å². The number of amides is 3. The number of halogens is 1. The molecule has 0 spiro atoms. The fourth-order valence-electron chi connectivity index (χ4n) is 2.93. The van der Waals surface area contributed by atoms with Gasteiger partial charge in [0.1, 0.15) is 11.6 Å². The van der Waals surface area contributed by atoms with Gasteiger partial charge in [0.15, 0.2) is 0 Å². The Bertz CT molecular complexity index is 1030. The summed E-state index contributed by atoms with van der Waals surface area (Å²) in [7, 11) is 0. The molecule has 8 nitrogen and oxygen atoms in total. The Kier molecular flexibility index (Phi) is 6.66. The van der Waals surface area contributed by atoms with Crippen LogP contribution in [0.1, 0.15) is 19.4 Å². The minimum Gasteiger partial charge on any atom is -0.411 e. The molecule has 2 aromatic rings. The molecule has 0 saturated carbocycles. The van der Waals surface area contributed by atoms with Gasteiger partial charge in [0, 0.05) is 25.2 Å². The van der Waals surface area contributed by atoms with Gasteiger partial charge in [-0.3, -0.25) is 14.5 Å². The first-order valence-corrected chi connectivity index (χ1v) is 9.62. The molecular formula is C22H23FN4O4. The molecule has 1 heterocycles. The molecule has 0 aliphatic carbocycles. The Labute approximate surface area is 178 Å². The van der Waals surface area contributed by atoms with Crippen LogP contribution in [0.15, 0.2) is 54.4 Å². The lowest BCUT2D eigenvalue weighted by Crippen LogP contribution is -2.37. The molecule has 162 valence electrons. The van der Waals surface area contributed by atoms with Crippen molar-refractivity contribution in [1.82, 2.24) is 10.6 Å². The highest BCUT2D eigenvalue weighted by Crippen LogP contribution is 2.29. The summed E-state index contributed by atoms with van der Waals surface area (Å²) in [5.41, 5.74) is 7.73. The maximum atomic E-state index is 14.8. The van der Waals surface area contributed by atoms with Gasteiger partial charge in [-0.05, 0) is 36.2 Å². The summed E-state index contributed by atoms with van der Waals surface area (Å²) < 4.78 is 19.9. The number of nitrogens with one attached hydrogen (secondary N) is 2. The first-order valence-electron chi connectivity index (χ1n) is 9.62. The third-order valence-corrected chi connectivity index (χ3v) is 4.60. The number of benzene rings is 2. The smallest absolute Gasteiger partial charge is 0.411 e. The summed E-state index contributed by atoms with van der Waals surface area (Å²) in [6, 6.07) is 11.0. The molecule has 3 amide bonds. The Morgan fingerprint density at radius 2 is 1.97 bits per heavy atom. The van der Waals surface area contributed by atoms with Gasteiger partial charge in [-0.15, -0.1) is 0 Å². The van der Waals surface area contributed by atoms with Crippen molar-refractivity contribution in [3.05, 3.63) is 65.8 Å². The number of rotatable bonds is 6. The average Bonchev–Trinajstić information content (AvgIpc) is 3.11. The number of nitrogens with zero attached hydrogens (tertiary/aromatic N) is 1. The lowest BCUT2D eigenvalue weighted by atomic mass is 10.0. The van der Waals surface area contributed by atoms with E-state index in [2.05, 4.69) is 10.6 Å². The van der Waals surface area contributed by atoms with Crippen molar-refractivity contribution in [3.63, 3.8) is 0 Å². The number of carbonyl (C=O) groups is 3. The fraction of sp³-hybridized carbons (Fsp3) is 0.227. The number of nitrogens with two attached hydrogens (primary N) is 1. The second kappa shape index (κ2) is 9.40. The zero-order chi connectivity index (χ0) is 22.5. The van der Waals surface area contributed by atoms with Crippen LogP contribution in [0.3, 0.4) is 0 Å². The lowest BCUT2D eigenvalue weighted by molar-refractivity contribution is -0.122. The second-order valence-corrected chi connectivity index (χ2v) is 7.13. The molecule has 31 heavy (non-hydrogen) atoms. The molecule has 4 N–H and O–H groups in total. The number of ether oxygens (including phenoxy) is 1. The Balaban J connectivity index is 1.71. The standard InChI is InChI=1S/C22H23FN4O4/c1-13(24)21(29)26-10-15-3-5-16(6-4-15)19-8-7-17(9-20(19)23)27-12-18(31-22(27)30)11-25-14(2)28/h3-9,11,13H,10,12,24H2,1-2H3,(H,25,28)(H,26,29)/b18-11+/t13-/m1/s1. The molecule has 0 aromatic heterocycles. The summed E-state index contributed by atoms with van der Waals surface area (Å²) in [4.78, 5) is 35.9. The largest absolute Gasteiger partial charge is 0.419 e. The van der Waals surface area contributed by atoms with Crippen molar-refractivity contribution in [2.45, 2.75) is 26.4 Å². The van der Waals surface area contributed by atoms with Crippen LogP contribution >= 0.6 is 0 Å². The predicted molar refractivity (Wildman–Crippen MR) is 113 cm³/mol. The molecule has 9 heteroatoms. The van der Waals surface area contributed by atoms with Crippen LogP contribution in [-0.4, -0.2) is 30.5 Å². The topological polar surface area (TPSA) is 114 Å². The zero-order valence-corrected chi connectivity index (χ0v) is 17.1. The molecule has 0 radical (unpaired) electrons. The molecule has 1 aliphatic heterocycles. The van der Waals surface area contributed by atoms with E-state index in [1.807, 2.05) is 0 Å². The molecule has 0 bridgehead atoms. The van der Waals surface area contributed by atoms with Gasteiger partial charge in [0.05, 0.1) is 18.3 Å². The highest BCUT2D eigenvalue weighted by atomic mass is 19.1. The van der Waals surface area contributed by atoms with E-state index in [1.54, 1.807) is 43.3 Å². The third-order valence-electron chi connectivity index (χ3n) is 4.60. The number of hydrogen-bond acceptors (Lipinski definition) is 5. The van der Waals surface area contributed by atoms with Gasteiger partial charge in [-0.2, -0.15) is 0 Å². The van der Waals surface area contributed by atoms with Gasteiger partial charge >= 0.3 is 6.09 Å². The van der Waals surface area contributed by atoms with E-state index in [0.29, 0.717) is 23.4 Å². The zero-order valence-electron chi connectivity index (χ0n) is 17.1. The predicted octanol–water partition coefficient (Wildman–Crippen LogP) is 2.39. The quantitative estimate of drug-likeness (QED) is 0.656. The normalized spacial score (nSPS) is 15.5. The summed E-state index contributed by atoms with van der Waals surface area (Å²) >= 11 is 0. The summed E-state index contributed by atoms with van der Waals surface area (Å²) in [5.74, 6) is -0.778. The van der Waals surface area contributed by atoms with E-state index in [9.17, 15) is 18.8 Å². The van der Waals surface area contributed by atoms with Crippen molar-refractivity contribution >= 4 is 23.6 Å². The van der Waals surface area contributed by atoms with Crippen LogP contribution in [0.5, 0.6) is 0 Å². The van der Waals surface area contributed by atoms with Crippen molar-refractivity contribution in [1.29, 1.82) is 0 Å².